The number of carbonyl (C=O) groups is 1. The highest BCUT2D eigenvalue weighted by atomic mass is 32.2. The smallest absolute Gasteiger partial charge is 0.243 e. The molecule has 1 amide bonds. The summed E-state index contributed by atoms with van der Waals surface area (Å²) in [5.74, 6) is 0.324. The van der Waals surface area contributed by atoms with Gasteiger partial charge in [-0.25, -0.2) is 8.42 Å². The molecule has 1 saturated heterocycles. The number of rotatable bonds is 7. The molecule has 0 saturated carbocycles. The van der Waals surface area contributed by atoms with Crippen LogP contribution >= 0.6 is 0 Å². The summed E-state index contributed by atoms with van der Waals surface area (Å²) in [6.07, 6.45) is 0.233. The van der Waals surface area contributed by atoms with E-state index in [1.165, 1.54) is 4.31 Å². The summed E-state index contributed by atoms with van der Waals surface area (Å²) in [5, 5.41) is 7.43. The van der Waals surface area contributed by atoms with Gasteiger partial charge in [-0.15, -0.1) is 0 Å². The van der Waals surface area contributed by atoms with Crippen molar-refractivity contribution in [3.8, 4) is 0 Å². The lowest BCUT2D eigenvalue weighted by atomic mass is 10.1. The number of aryl methyl sites for hydroxylation is 1. The molecular weight excluding hydrogens is 414 g/mol. The maximum atomic E-state index is 12.8. The predicted octanol–water partition coefficient (Wildman–Crippen LogP) is 2.27. The topological polar surface area (TPSA) is 87.5 Å². The Hall–Kier alpha value is -2.23. The van der Waals surface area contributed by atoms with E-state index in [9.17, 15) is 13.2 Å². The van der Waals surface area contributed by atoms with Crippen LogP contribution < -0.4 is 5.32 Å². The van der Waals surface area contributed by atoms with Crippen LogP contribution in [0.1, 0.15) is 30.8 Å². The van der Waals surface area contributed by atoms with Crippen LogP contribution in [0.4, 0.5) is 5.69 Å². The number of benzene rings is 1. The fourth-order valence-corrected chi connectivity index (χ4v) is 5.19. The van der Waals surface area contributed by atoms with E-state index in [1.54, 1.807) is 24.3 Å². The van der Waals surface area contributed by atoms with Gasteiger partial charge >= 0.3 is 0 Å². The fraction of sp³-hybridized carbons (Fsp3) is 0.545. The number of likely N-dealkylation sites (N-methyl/N-ethyl adjacent to an activating group) is 1. The molecule has 0 unspecified atom stereocenters. The second-order valence-electron chi connectivity index (χ2n) is 8.68. The summed E-state index contributed by atoms with van der Waals surface area (Å²) in [6.45, 7) is 11.4. The summed E-state index contributed by atoms with van der Waals surface area (Å²) in [7, 11) is -1.53. The average molecular weight is 448 g/mol. The molecule has 1 aliphatic rings. The van der Waals surface area contributed by atoms with Crippen LogP contribution in [0.2, 0.25) is 0 Å². The number of carbonyl (C=O) groups excluding carboxylic acids is 1. The molecule has 0 spiro atoms. The molecule has 1 aromatic carbocycles. The normalized spacial score (nSPS) is 16.1. The zero-order valence-corrected chi connectivity index (χ0v) is 19.9. The zero-order valence-electron chi connectivity index (χ0n) is 19.1. The van der Waals surface area contributed by atoms with E-state index >= 15 is 0 Å². The minimum atomic E-state index is -3.51. The van der Waals surface area contributed by atoms with Crippen molar-refractivity contribution in [1.29, 1.82) is 0 Å². The van der Waals surface area contributed by atoms with Gasteiger partial charge in [0, 0.05) is 49.7 Å². The lowest BCUT2D eigenvalue weighted by molar-refractivity contribution is -0.115. The van der Waals surface area contributed by atoms with Crippen molar-refractivity contribution in [2.45, 2.75) is 45.6 Å². The summed E-state index contributed by atoms with van der Waals surface area (Å²) < 4.78 is 29.1. The van der Waals surface area contributed by atoms with E-state index in [2.05, 4.69) is 29.2 Å². The molecule has 3 rings (SSSR count). The Labute approximate surface area is 185 Å². The second-order valence-corrected chi connectivity index (χ2v) is 10.6. The second kappa shape index (κ2) is 9.50. The van der Waals surface area contributed by atoms with Gasteiger partial charge in [-0.1, -0.05) is 13.8 Å². The van der Waals surface area contributed by atoms with Crippen molar-refractivity contribution >= 4 is 21.6 Å². The van der Waals surface area contributed by atoms with Crippen molar-refractivity contribution in [3.05, 3.63) is 41.2 Å². The Balaban J connectivity index is 1.65. The number of nitrogens with zero attached hydrogens (tertiary/aromatic N) is 4. The number of amides is 1. The maximum absolute atomic E-state index is 12.8. The molecule has 31 heavy (non-hydrogen) atoms. The zero-order chi connectivity index (χ0) is 22.8. The molecule has 0 radical (unpaired) electrons. The Bertz CT molecular complexity index is 1020. The van der Waals surface area contributed by atoms with Gasteiger partial charge in [0.05, 0.1) is 17.0 Å². The van der Waals surface area contributed by atoms with Crippen LogP contribution in [0.15, 0.2) is 29.2 Å². The molecule has 1 aliphatic heterocycles. The van der Waals surface area contributed by atoms with E-state index in [4.69, 9.17) is 0 Å². The van der Waals surface area contributed by atoms with Crippen molar-refractivity contribution in [1.82, 2.24) is 19.0 Å². The Kier molecular flexibility index (Phi) is 7.18. The summed E-state index contributed by atoms with van der Waals surface area (Å²) in [6, 6.07) is 6.40. The molecule has 1 fully saturated rings. The number of sulfonamides is 1. The van der Waals surface area contributed by atoms with Gasteiger partial charge in [-0.05, 0) is 51.1 Å². The largest absolute Gasteiger partial charge is 0.326 e. The van der Waals surface area contributed by atoms with E-state index in [0.29, 0.717) is 24.7 Å². The van der Waals surface area contributed by atoms with Gasteiger partial charge in [0.15, 0.2) is 0 Å². The molecule has 0 aliphatic carbocycles. The molecule has 2 aromatic rings. The fourth-order valence-electron chi connectivity index (χ4n) is 3.77. The number of anilines is 1. The highest BCUT2D eigenvalue weighted by Gasteiger charge is 2.27. The first-order chi connectivity index (χ1) is 14.6. The monoisotopic (exact) mass is 447 g/mol. The van der Waals surface area contributed by atoms with Crippen molar-refractivity contribution in [2.75, 3.05) is 38.5 Å². The number of hydrogen-bond donors (Lipinski definition) is 1. The lowest BCUT2D eigenvalue weighted by Crippen LogP contribution is -2.46. The van der Waals surface area contributed by atoms with Crippen LogP contribution in [-0.4, -0.2) is 66.5 Å². The summed E-state index contributed by atoms with van der Waals surface area (Å²) in [5.41, 5.74) is 3.39. The third kappa shape index (κ3) is 5.53. The molecule has 2 heterocycles. The van der Waals surface area contributed by atoms with Gasteiger partial charge in [-0.2, -0.15) is 9.40 Å². The molecule has 0 atom stereocenters. The number of aromatic nitrogens is 2. The summed E-state index contributed by atoms with van der Waals surface area (Å²) >= 11 is 0. The molecule has 1 aromatic heterocycles. The molecule has 1 N–H and O–H groups in total. The molecule has 9 heteroatoms. The first kappa shape index (κ1) is 23.4. The standard InChI is InChI=1S/C22H33N5O3S/c1-16(2)15-27-18(4)21(17(3)24-27)14-22(28)23-19-6-8-20(9-7-19)31(29,30)26-12-10-25(5)11-13-26/h6-9,16H,10-15H2,1-5H3,(H,23,28). The first-order valence-corrected chi connectivity index (χ1v) is 12.1. The van der Waals surface area contributed by atoms with Crippen LogP contribution in [0.5, 0.6) is 0 Å². The Morgan fingerprint density at radius 3 is 2.29 bits per heavy atom. The molecule has 170 valence electrons. The van der Waals surface area contributed by atoms with E-state index in [0.717, 1.165) is 36.6 Å². The van der Waals surface area contributed by atoms with Crippen molar-refractivity contribution in [2.24, 2.45) is 5.92 Å². The van der Waals surface area contributed by atoms with Crippen LogP contribution in [-0.2, 0) is 27.8 Å². The Morgan fingerprint density at radius 2 is 1.71 bits per heavy atom. The van der Waals surface area contributed by atoms with Crippen molar-refractivity contribution < 1.29 is 13.2 Å². The third-order valence-corrected chi connectivity index (χ3v) is 7.56. The lowest BCUT2D eigenvalue weighted by Gasteiger charge is -2.31. The highest BCUT2D eigenvalue weighted by molar-refractivity contribution is 7.89. The maximum Gasteiger partial charge on any atom is 0.243 e. The van der Waals surface area contributed by atoms with Crippen LogP contribution in [0, 0.1) is 19.8 Å². The minimum Gasteiger partial charge on any atom is -0.326 e. The number of nitrogens with one attached hydrogen (secondary N) is 1. The predicted molar refractivity (Wildman–Crippen MR) is 122 cm³/mol. The highest BCUT2D eigenvalue weighted by Crippen LogP contribution is 2.21. The summed E-state index contributed by atoms with van der Waals surface area (Å²) in [4.78, 5) is 15.0. The minimum absolute atomic E-state index is 0.148. The van der Waals surface area contributed by atoms with E-state index in [-0.39, 0.29) is 17.2 Å². The van der Waals surface area contributed by atoms with Gasteiger partial charge in [-0.3, -0.25) is 9.48 Å². The van der Waals surface area contributed by atoms with Gasteiger partial charge in [0.25, 0.3) is 0 Å². The van der Waals surface area contributed by atoms with Gasteiger partial charge in [0.2, 0.25) is 15.9 Å². The quantitative estimate of drug-likeness (QED) is 0.704. The van der Waals surface area contributed by atoms with Gasteiger partial charge < -0.3 is 10.2 Å². The van der Waals surface area contributed by atoms with E-state index in [1.807, 2.05) is 25.6 Å². The molecule has 8 nitrogen and oxygen atoms in total. The van der Waals surface area contributed by atoms with Gasteiger partial charge in [0.1, 0.15) is 0 Å². The van der Waals surface area contributed by atoms with Crippen LogP contribution in [0.3, 0.4) is 0 Å². The van der Waals surface area contributed by atoms with E-state index < -0.39 is 10.0 Å². The Morgan fingerprint density at radius 1 is 1.10 bits per heavy atom. The number of hydrogen-bond acceptors (Lipinski definition) is 5. The molecule has 0 bridgehead atoms. The third-order valence-electron chi connectivity index (χ3n) is 5.64. The average Bonchev–Trinajstić information content (AvgIpc) is 2.95. The van der Waals surface area contributed by atoms with Crippen LogP contribution in [0.25, 0.3) is 0 Å². The molecular formula is C22H33N5O3S. The first-order valence-electron chi connectivity index (χ1n) is 10.7. The number of piperazine rings is 1. The van der Waals surface area contributed by atoms with Crippen molar-refractivity contribution in [3.63, 3.8) is 0 Å². The SMILES string of the molecule is Cc1nn(CC(C)C)c(C)c1CC(=O)Nc1ccc(S(=O)(=O)N2CCN(C)CC2)cc1.